The van der Waals surface area contributed by atoms with E-state index >= 15 is 0 Å². The SMILES string of the molecule is CC1(C)C2CCC1(CS(=O)(=O)[O-])C(=O)C2.COc1ccc([I+]c2ccccc2)cc1. The van der Waals surface area contributed by atoms with E-state index in [9.17, 15) is 17.8 Å². The van der Waals surface area contributed by atoms with Gasteiger partial charge in [0, 0.05) is 11.8 Å². The fourth-order valence-electron chi connectivity index (χ4n) is 4.65. The molecular formula is C23H27IO5S. The van der Waals surface area contributed by atoms with Crippen LogP contribution in [-0.2, 0) is 14.9 Å². The van der Waals surface area contributed by atoms with Crippen molar-refractivity contribution < 1.29 is 43.7 Å². The summed E-state index contributed by atoms with van der Waals surface area (Å²) in [6, 6.07) is 19.0. The summed E-state index contributed by atoms with van der Waals surface area (Å²) in [7, 11) is -2.63. The van der Waals surface area contributed by atoms with Crippen LogP contribution in [0.1, 0.15) is 33.1 Å². The second-order valence-electron chi connectivity index (χ2n) is 8.42. The fraction of sp³-hybridized carbons (Fsp3) is 0.435. The third-order valence-corrected chi connectivity index (χ3v) is 10.1. The molecule has 2 bridgehead atoms. The monoisotopic (exact) mass is 542 g/mol. The number of fused-ring (bicyclic) bond motifs is 2. The highest BCUT2D eigenvalue weighted by Gasteiger charge is 2.64. The first-order chi connectivity index (χ1) is 14.1. The standard InChI is InChI=1S/C13H12IO.C10H16O4S/c1-15-13-9-7-12(8-10-13)14-11-5-3-2-4-6-11;1-9(2)7-3-4-10(9,8(11)5-7)6-15(12,13)14/h2-10H,1H3;7H,3-6H2,1-2H3,(H,12,13,14)/q+1;/p-1. The normalized spacial score (nSPS) is 24.3. The third kappa shape index (κ3) is 4.89. The lowest BCUT2D eigenvalue weighted by molar-refractivity contribution is -0.597. The van der Waals surface area contributed by atoms with E-state index < -0.39 is 21.3 Å². The van der Waals surface area contributed by atoms with Gasteiger partial charge in [-0.15, -0.1) is 0 Å². The summed E-state index contributed by atoms with van der Waals surface area (Å²) in [6.45, 7) is 3.83. The second-order valence-corrected chi connectivity index (χ2v) is 12.9. The number of carbonyl (C=O) groups excluding carboxylic acids is 1. The summed E-state index contributed by atoms with van der Waals surface area (Å²) < 4.78 is 40.7. The summed E-state index contributed by atoms with van der Waals surface area (Å²) in [5, 5.41) is 0. The Hall–Kier alpha value is -1.45. The number of hydrogen-bond acceptors (Lipinski definition) is 5. The van der Waals surface area contributed by atoms with Crippen LogP contribution in [0.3, 0.4) is 0 Å². The van der Waals surface area contributed by atoms with Gasteiger partial charge in [-0.2, -0.15) is 0 Å². The molecule has 30 heavy (non-hydrogen) atoms. The molecular weight excluding hydrogens is 515 g/mol. The minimum Gasteiger partial charge on any atom is -0.748 e. The van der Waals surface area contributed by atoms with Gasteiger partial charge in [0.2, 0.25) is 0 Å². The quantitative estimate of drug-likeness (QED) is 0.412. The number of halogens is 1. The maximum atomic E-state index is 11.8. The summed E-state index contributed by atoms with van der Waals surface area (Å²) in [5.74, 6) is 0.647. The van der Waals surface area contributed by atoms with Crippen molar-refractivity contribution in [1.82, 2.24) is 0 Å². The van der Waals surface area contributed by atoms with Crippen LogP contribution in [0.25, 0.3) is 0 Å². The van der Waals surface area contributed by atoms with Crippen molar-refractivity contribution >= 4 is 15.9 Å². The molecule has 2 fully saturated rings. The molecule has 0 amide bonds. The average molecular weight is 542 g/mol. The van der Waals surface area contributed by atoms with Crippen LogP contribution in [-0.4, -0.2) is 31.6 Å². The van der Waals surface area contributed by atoms with Crippen LogP contribution in [0.4, 0.5) is 0 Å². The Morgan fingerprint density at radius 2 is 1.67 bits per heavy atom. The van der Waals surface area contributed by atoms with E-state index in [0.29, 0.717) is 12.8 Å². The topological polar surface area (TPSA) is 83.5 Å². The molecule has 0 radical (unpaired) electrons. The zero-order valence-electron chi connectivity index (χ0n) is 17.4. The Morgan fingerprint density at radius 3 is 2.13 bits per heavy atom. The van der Waals surface area contributed by atoms with Crippen molar-refractivity contribution in [3.05, 3.63) is 61.7 Å². The summed E-state index contributed by atoms with van der Waals surface area (Å²) >= 11 is -0.0449. The lowest BCUT2D eigenvalue weighted by Crippen LogP contribution is -3.61. The molecule has 7 heteroatoms. The number of benzene rings is 2. The average Bonchev–Trinajstić information content (AvgIpc) is 3.03. The van der Waals surface area contributed by atoms with Gasteiger partial charge in [0.1, 0.15) is 11.5 Å². The van der Waals surface area contributed by atoms with E-state index in [2.05, 4.69) is 42.5 Å². The van der Waals surface area contributed by atoms with Gasteiger partial charge in [-0.05, 0) is 60.6 Å². The van der Waals surface area contributed by atoms with Crippen LogP contribution in [0.5, 0.6) is 5.75 Å². The molecule has 2 aliphatic carbocycles. The predicted molar refractivity (Wildman–Crippen MR) is 110 cm³/mol. The van der Waals surface area contributed by atoms with Crippen LogP contribution in [0, 0.1) is 23.9 Å². The van der Waals surface area contributed by atoms with E-state index in [4.69, 9.17) is 4.74 Å². The van der Waals surface area contributed by atoms with E-state index in [-0.39, 0.29) is 38.3 Å². The highest BCUT2D eigenvalue weighted by molar-refractivity contribution is 7.85. The molecule has 2 saturated carbocycles. The first-order valence-corrected chi connectivity index (χ1v) is 13.6. The minimum absolute atomic E-state index is 0.0248. The molecule has 2 aromatic rings. The number of ketones is 1. The summed E-state index contributed by atoms with van der Waals surface area (Å²) in [5.41, 5.74) is -1.22. The van der Waals surface area contributed by atoms with Gasteiger partial charge in [-0.25, -0.2) is 8.42 Å². The molecule has 0 N–H and O–H groups in total. The molecule has 0 heterocycles. The van der Waals surface area contributed by atoms with Crippen LogP contribution < -0.4 is 25.9 Å². The van der Waals surface area contributed by atoms with Gasteiger partial charge in [0.25, 0.3) is 0 Å². The van der Waals surface area contributed by atoms with Crippen molar-refractivity contribution in [2.24, 2.45) is 16.7 Å². The van der Waals surface area contributed by atoms with Gasteiger partial charge in [0.15, 0.2) is 7.14 Å². The zero-order valence-corrected chi connectivity index (χ0v) is 20.4. The Kier molecular flexibility index (Phi) is 6.94. The fourth-order valence-corrected chi connectivity index (χ4v) is 8.14. The molecule has 4 rings (SSSR count). The Morgan fingerprint density at radius 1 is 1.07 bits per heavy atom. The van der Waals surface area contributed by atoms with Crippen molar-refractivity contribution in [3.8, 4) is 5.75 Å². The van der Waals surface area contributed by atoms with Crippen molar-refractivity contribution in [1.29, 1.82) is 0 Å². The van der Waals surface area contributed by atoms with Crippen LogP contribution in [0.2, 0.25) is 0 Å². The van der Waals surface area contributed by atoms with Gasteiger partial charge in [0.05, 0.1) is 23.0 Å². The molecule has 0 aromatic heterocycles. The number of carbonyl (C=O) groups is 1. The van der Waals surface area contributed by atoms with Gasteiger partial charge < -0.3 is 9.29 Å². The largest absolute Gasteiger partial charge is 0.748 e. The molecule has 2 aromatic carbocycles. The number of methoxy groups -OCH3 is 1. The number of hydrogen-bond donors (Lipinski definition) is 0. The first-order valence-electron chi connectivity index (χ1n) is 9.88. The second kappa shape index (κ2) is 8.96. The molecule has 0 saturated heterocycles. The van der Waals surface area contributed by atoms with E-state index in [1.165, 1.54) is 7.14 Å². The molecule has 2 unspecified atom stereocenters. The van der Waals surface area contributed by atoms with Crippen molar-refractivity contribution in [3.63, 3.8) is 0 Å². The van der Waals surface area contributed by atoms with E-state index in [1.807, 2.05) is 26.0 Å². The highest BCUT2D eigenvalue weighted by Crippen LogP contribution is 2.64. The summed E-state index contributed by atoms with van der Waals surface area (Å²) in [4.78, 5) is 11.8. The molecule has 162 valence electrons. The van der Waals surface area contributed by atoms with Crippen LogP contribution in [0.15, 0.2) is 54.6 Å². The summed E-state index contributed by atoms with van der Waals surface area (Å²) in [6.07, 6.45) is 1.88. The first kappa shape index (κ1) is 23.2. The Balaban J connectivity index is 0.000000171. The lowest BCUT2D eigenvalue weighted by atomic mass is 9.70. The van der Waals surface area contributed by atoms with Gasteiger partial charge in [-0.3, -0.25) is 4.79 Å². The van der Waals surface area contributed by atoms with Crippen molar-refractivity contribution in [2.75, 3.05) is 12.9 Å². The van der Waals surface area contributed by atoms with Gasteiger partial charge in [-0.1, -0.05) is 32.0 Å². The third-order valence-electron chi connectivity index (χ3n) is 6.56. The number of ether oxygens (including phenoxy) is 1. The lowest BCUT2D eigenvalue weighted by Gasteiger charge is -2.37. The molecule has 2 aliphatic rings. The minimum atomic E-state index is -4.33. The number of Topliss-reactive ketones (excluding diaryl/α,β-unsaturated/α-hetero) is 1. The molecule has 0 aliphatic heterocycles. The van der Waals surface area contributed by atoms with E-state index in [0.717, 1.165) is 12.2 Å². The number of rotatable bonds is 5. The molecule has 0 spiro atoms. The maximum absolute atomic E-state index is 11.8. The van der Waals surface area contributed by atoms with E-state index in [1.54, 1.807) is 7.11 Å². The Labute approximate surface area is 189 Å². The zero-order chi connectivity index (χ0) is 22.0. The van der Waals surface area contributed by atoms with Crippen LogP contribution >= 0.6 is 0 Å². The Bertz CT molecular complexity index is 986. The van der Waals surface area contributed by atoms with Gasteiger partial charge >= 0.3 is 21.2 Å². The smallest absolute Gasteiger partial charge is 0.357 e. The molecule has 2 atom stereocenters. The molecule has 5 nitrogen and oxygen atoms in total. The maximum Gasteiger partial charge on any atom is 0.357 e. The predicted octanol–water partition coefficient (Wildman–Crippen LogP) is 0.751. The highest BCUT2D eigenvalue weighted by atomic mass is 127. The van der Waals surface area contributed by atoms with Crippen molar-refractivity contribution in [2.45, 2.75) is 33.1 Å².